The van der Waals surface area contributed by atoms with Gasteiger partial charge in [-0.15, -0.1) is 0 Å². The molecule has 2 aromatic rings. The van der Waals surface area contributed by atoms with Gasteiger partial charge in [-0.3, -0.25) is 4.79 Å². The number of phenolic OH excluding ortho intramolecular Hbond substituents is 2. The number of hydrogen-bond donors (Lipinski definition) is 3. The summed E-state index contributed by atoms with van der Waals surface area (Å²) in [5, 5.41) is 30.5. The molecule has 0 aromatic heterocycles. The molecular weight excluding hydrogens is 342 g/mol. The molecule has 1 aliphatic heterocycles. The topological polar surface area (TPSA) is 81.0 Å². The molecule has 0 saturated heterocycles. The number of carbonyl (C=O) groups excluding carboxylic acids is 1. The summed E-state index contributed by atoms with van der Waals surface area (Å²) < 4.78 is 0. The molecule has 1 aliphatic rings. The standard InChI is InChI=1S/C19H20ClNO4/c1-18(2,25)19(3)13-7-5-4-6-11(13)10-21(19)17(24)12-8-14(20)16(23)9-15(12)22/h4-9,22-23,25H,10H2,1-3H3. The van der Waals surface area contributed by atoms with E-state index in [0.717, 1.165) is 17.2 Å². The van der Waals surface area contributed by atoms with Crippen molar-refractivity contribution in [2.45, 2.75) is 38.5 Å². The van der Waals surface area contributed by atoms with Gasteiger partial charge in [0.25, 0.3) is 5.91 Å². The van der Waals surface area contributed by atoms with E-state index in [2.05, 4.69) is 0 Å². The highest BCUT2D eigenvalue weighted by Gasteiger charge is 2.53. The first-order valence-electron chi connectivity index (χ1n) is 7.91. The minimum absolute atomic E-state index is 0.0221. The molecular formula is C19H20ClNO4. The number of nitrogens with zero attached hydrogens (tertiary/aromatic N) is 1. The number of rotatable bonds is 2. The predicted octanol–water partition coefficient (Wildman–Crippen LogP) is 3.39. The van der Waals surface area contributed by atoms with Crippen LogP contribution in [0.25, 0.3) is 0 Å². The van der Waals surface area contributed by atoms with E-state index >= 15 is 0 Å². The summed E-state index contributed by atoms with van der Waals surface area (Å²) in [6.07, 6.45) is 0. The largest absolute Gasteiger partial charge is 0.507 e. The maximum Gasteiger partial charge on any atom is 0.258 e. The van der Waals surface area contributed by atoms with Gasteiger partial charge in [0, 0.05) is 12.6 Å². The smallest absolute Gasteiger partial charge is 0.258 e. The first-order valence-corrected chi connectivity index (χ1v) is 8.29. The number of amides is 1. The molecule has 1 heterocycles. The second kappa shape index (κ2) is 5.64. The Morgan fingerprint density at radius 1 is 1.20 bits per heavy atom. The van der Waals surface area contributed by atoms with Crippen LogP contribution < -0.4 is 0 Å². The van der Waals surface area contributed by atoms with Gasteiger partial charge in [-0.2, -0.15) is 0 Å². The predicted molar refractivity (Wildman–Crippen MR) is 94.7 cm³/mol. The molecule has 1 unspecified atom stereocenters. The highest BCUT2D eigenvalue weighted by atomic mass is 35.5. The van der Waals surface area contributed by atoms with Gasteiger partial charge in [0.15, 0.2) is 0 Å². The normalized spacial score (nSPS) is 19.8. The number of fused-ring (bicyclic) bond motifs is 1. The van der Waals surface area contributed by atoms with Crippen LogP contribution >= 0.6 is 11.6 Å². The molecule has 6 heteroatoms. The van der Waals surface area contributed by atoms with E-state index in [4.69, 9.17) is 11.6 Å². The number of benzene rings is 2. The Balaban J connectivity index is 2.14. The summed E-state index contributed by atoms with van der Waals surface area (Å²) >= 11 is 5.91. The lowest BCUT2D eigenvalue weighted by Crippen LogP contribution is -2.55. The summed E-state index contributed by atoms with van der Waals surface area (Å²) in [4.78, 5) is 14.7. The van der Waals surface area contributed by atoms with E-state index in [9.17, 15) is 20.1 Å². The van der Waals surface area contributed by atoms with E-state index in [-0.39, 0.29) is 22.1 Å². The third-order valence-corrected chi connectivity index (χ3v) is 5.44. The van der Waals surface area contributed by atoms with E-state index in [0.29, 0.717) is 6.54 Å². The molecule has 0 saturated carbocycles. The number of halogens is 1. The van der Waals surface area contributed by atoms with Gasteiger partial charge in [-0.1, -0.05) is 35.9 Å². The summed E-state index contributed by atoms with van der Waals surface area (Å²) in [7, 11) is 0. The Kier molecular flexibility index (Phi) is 3.97. The van der Waals surface area contributed by atoms with E-state index < -0.39 is 17.0 Å². The molecule has 0 bridgehead atoms. The van der Waals surface area contributed by atoms with Crippen molar-refractivity contribution in [1.82, 2.24) is 4.90 Å². The Morgan fingerprint density at radius 2 is 1.84 bits per heavy atom. The number of phenols is 2. The van der Waals surface area contributed by atoms with Crippen LogP contribution in [0.15, 0.2) is 36.4 Å². The van der Waals surface area contributed by atoms with Gasteiger partial charge in [0.05, 0.1) is 21.7 Å². The molecule has 0 aliphatic carbocycles. The zero-order chi connectivity index (χ0) is 18.6. The van der Waals surface area contributed by atoms with Crippen LogP contribution in [0.1, 0.15) is 42.3 Å². The lowest BCUT2D eigenvalue weighted by Gasteiger charge is -2.45. The molecule has 3 N–H and O–H groups in total. The molecule has 1 atom stereocenters. The van der Waals surface area contributed by atoms with Gasteiger partial charge in [0.2, 0.25) is 0 Å². The van der Waals surface area contributed by atoms with Gasteiger partial charge < -0.3 is 20.2 Å². The molecule has 1 amide bonds. The fourth-order valence-electron chi connectivity index (χ4n) is 3.41. The molecule has 3 rings (SSSR count). The average Bonchev–Trinajstić information content (AvgIpc) is 2.85. The minimum atomic E-state index is -1.23. The SMILES string of the molecule is CC(C)(O)C1(C)c2ccccc2CN1C(=O)c1cc(Cl)c(O)cc1O. The van der Waals surface area contributed by atoms with Crippen molar-refractivity contribution in [3.05, 3.63) is 58.1 Å². The van der Waals surface area contributed by atoms with Crippen LogP contribution in [0.2, 0.25) is 5.02 Å². The quantitative estimate of drug-likeness (QED) is 0.765. The van der Waals surface area contributed by atoms with Crippen molar-refractivity contribution >= 4 is 17.5 Å². The minimum Gasteiger partial charge on any atom is -0.507 e. The van der Waals surface area contributed by atoms with Gasteiger partial charge in [-0.05, 0) is 38.0 Å². The maximum atomic E-state index is 13.2. The first kappa shape index (κ1) is 17.6. The van der Waals surface area contributed by atoms with Crippen molar-refractivity contribution in [2.75, 3.05) is 0 Å². The van der Waals surface area contributed by atoms with Crippen LogP contribution in [0.4, 0.5) is 0 Å². The molecule has 25 heavy (non-hydrogen) atoms. The van der Waals surface area contributed by atoms with Crippen LogP contribution in [0.5, 0.6) is 11.5 Å². The van der Waals surface area contributed by atoms with Gasteiger partial charge in [0.1, 0.15) is 11.5 Å². The highest BCUT2D eigenvalue weighted by molar-refractivity contribution is 6.32. The number of aliphatic hydroxyl groups is 1. The molecule has 0 radical (unpaired) electrons. The lowest BCUT2D eigenvalue weighted by molar-refractivity contribution is -0.0669. The fraction of sp³-hybridized carbons (Fsp3) is 0.316. The zero-order valence-corrected chi connectivity index (χ0v) is 15.0. The van der Waals surface area contributed by atoms with Crippen LogP contribution in [-0.4, -0.2) is 31.7 Å². The second-order valence-electron chi connectivity index (χ2n) is 7.00. The first-order chi connectivity index (χ1) is 11.6. The fourth-order valence-corrected chi connectivity index (χ4v) is 3.57. The molecule has 5 nitrogen and oxygen atoms in total. The monoisotopic (exact) mass is 361 g/mol. The van der Waals surface area contributed by atoms with E-state index in [1.54, 1.807) is 20.8 Å². The Hall–Kier alpha value is -2.24. The van der Waals surface area contributed by atoms with E-state index in [1.165, 1.54) is 11.0 Å². The number of hydrogen-bond acceptors (Lipinski definition) is 4. The highest BCUT2D eigenvalue weighted by Crippen LogP contribution is 2.47. The summed E-state index contributed by atoms with van der Waals surface area (Å²) in [5.74, 6) is -1.13. The van der Waals surface area contributed by atoms with Crippen LogP contribution in [-0.2, 0) is 12.1 Å². The zero-order valence-electron chi connectivity index (χ0n) is 14.2. The van der Waals surface area contributed by atoms with Crippen molar-refractivity contribution in [1.29, 1.82) is 0 Å². The van der Waals surface area contributed by atoms with Gasteiger partial charge >= 0.3 is 0 Å². The van der Waals surface area contributed by atoms with Crippen LogP contribution in [0, 0.1) is 0 Å². The number of aromatic hydroxyl groups is 2. The van der Waals surface area contributed by atoms with Crippen molar-refractivity contribution in [2.24, 2.45) is 0 Å². The Bertz CT molecular complexity index is 859. The Morgan fingerprint density at radius 3 is 2.48 bits per heavy atom. The van der Waals surface area contributed by atoms with Gasteiger partial charge in [-0.25, -0.2) is 0 Å². The third-order valence-electron chi connectivity index (χ3n) is 5.14. The number of carbonyl (C=O) groups is 1. The Labute approximate surface area is 151 Å². The molecule has 0 spiro atoms. The maximum absolute atomic E-state index is 13.2. The van der Waals surface area contributed by atoms with Crippen molar-refractivity contribution in [3.63, 3.8) is 0 Å². The lowest BCUT2D eigenvalue weighted by atomic mass is 9.78. The third kappa shape index (κ3) is 2.55. The van der Waals surface area contributed by atoms with Crippen molar-refractivity contribution in [3.8, 4) is 11.5 Å². The van der Waals surface area contributed by atoms with Crippen molar-refractivity contribution < 1.29 is 20.1 Å². The second-order valence-corrected chi connectivity index (χ2v) is 7.41. The van der Waals surface area contributed by atoms with E-state index in [1.807, 2.05) is 24.3 Å². The summed E-state index contributed by atoms with van der Waals surface area (Å²) in [6.45, 7) is 5.40. The average molecular weight is 362 g/mol. The molecule has 132 valence electrons. The summed E-state index contributed by atoms with van der Waals surface area (Å²) in [6, 6.07) is 9.83. The molecule has 2 aromatic carbocycles. The molecule has 0 fully saturated rings. The summed E-state index contributed by atoms with van der Waals surface area (Å²) in [5.41, 5.74) is -0.445. The van der Waals surface area contributed by atoms with Crippen LogP contribution in [0.3, 0.4) is 0 Å².